The van der Waals surface area contributed by atoms with Crippen LogP contribution in [0.3, 0.4) is 0 Å². The number of carbonyl (C=O) groups is 2. The van der Waals surface area contributed by atoms with Crippen molar-refractivity contribution in [2.75, 3.05) is 6.54 Å². The number of nitrogens with zero attached hydrogens (tertiary/aromatic N) is 2. The minimum Gasteiger partial charge on any atom is -0.350 e. The molecule has 0 unspecified atom stereocenters. The van der Waals surface area contributed by atoms with Crippen molar-refractivity contribution in [3.8, 4) is 0 Å². The highest BCUT2D eigenvalue weighted by molar-refractivity contribution is 6.23. The number of aromatic nitrogens is 2. The van der Waals surface area contributed by atoms with Gasteiger partial charge in [-0.1, -0.05) is 24.3 Å². The van der Waals surface area contributed by atoms with E-state index in [4.69, 9.17) is 0 Å². The number of fused-ring (bicyclic) bond motifs is 1. The summed E-state index contributed by atoms with van der Waals surface area (Å²) in [6.45, 7) is 1.72. The number of ketones is 1. The summed E-state index contributed by atoms with van der Waals surface area (Å²) in [5, 5.41) is 7.55. The number of halogens is 3. The predicted molar refractivity (Wildman–Crippen MR) is 88.2 cm³/mol. The summed E-state index contributed by atoms with van der Waals surface area (Å²) in [5.74, 6) is -0.564. The maximum Gasteiger partial charge on any atom is 0.435 e. The lowest BCUT2D eigenvalue weighted by atomic mass is 9.98. The van der Waals surface area contributed by atoms with Gasteiger partial charge < -0.3 is 5.32 Å². The lowest BCUT2D eigenvalue weighted by Gasteiger charge is -2.12. The van der Waals surface area contributed by atoms with Gasteiger partial charge >= 0.3 is 6.18 Å². The Bertz CT molecular complexity index is 990. The molecule has 0 radical (unpaired) electrons. The molecule has 1 heterocycles. The van der Waals surface area contributed by atoms with E-state index >= 15 is 0 Å². The van der Waals surface area contributed by atoms with Gasteiger partial charge in [0.1, 0.15) is 0 Å². The normalized spacial score (nSPS) is 14.0. The monoisotopic (exact) mass is 363 g/mol. The molecule has 2 aromatic rings. The summed E-state index contributed by atoms with van der Waals surface area (Å²) in [6, 6.07) is 8.04. The van der Waals surface area contributed by atoms with E-state index in [1.807, 2.05) is 0 Å². The first kappa shape index (κ1) is 17.9. The summed E-state index contributed by atoms with van der Waals surface area (Å²) in [6.07, 6.45) is -3.00. The van der Waals surface area contributed by atoms with Crippen LogP contribution in [0.2, 0.25) is 0 Å². The van der Waals surface area contributed by atoms with E-state index in [1.165, 1.54) is 17.7 Å². The van der Waals surface area contributed by atoms with Gasteiger partial charge in [0.2, 0.25) is 5.91 Å². The minimum absolute atomic E-state index is 0.00185. The highest BCUT2D eigenvalue weighted by atomic mass is 19.4. The molecule has 0 fully saturated rings. The van der Waals surface area contributed by atoms with Crippen LogP contribution in [0, 0.1) is 6.92 Å². The van der Waals surface area contributed by atoms with Crippen LogP contribution in [0.1, 0.15) is 17.8 Å². The van der Waals surface area contributed by atoms with Crippen LogP contribution >= 0.6 is 0 Å². The van der Waals surface area contributed by atoms with Crippen molar-refractivity contribution in [3.63, 3.8) is 0 Å². The van der Waals surface area contributed by atoms with Gasteiger partial charge in [-0.2, -0.15) is 18.3 Å². The fraction of sp³-hybridized carbons (Fsp3) is 0.278. The Morgan fingerprint density at radius 1 is 1.31 bits per heavy atom. The third-order valence-corrected chi connectivity index (χ3v) is 4.11. The Morgan fingerprint density at radius 2 is 2.04 bits per heavy atom. The molecule has 1 aliphatic rings. The molecule has 1 aliphatic carbocycles. The van der Waals surface area contributed by atoms with Gasteiger partial charge in [0.15, 0.2) is 11.5 Å². The van der Waals surface area contributed by atoms with Crippen molar-refractivity contribution in [3.05, 3.63) is 52.2 Å². The highest BCUT2D eigenvalue weighted by Crippen LogP contribution is 2.28. The van der Waals surface area contributed by atoms with E-state index in [-0.39, 0.29) is 25.3 Å². The van der Waals surface area contributed by atoms with E-state index in [0.29, 0.717) is 21.7 Å². The number of aryl methyl sites for hydroxylation is 1. The third-order valence-electron chi connectivity index (χ3n) is 4.11. The molecule has 0 bridgehead atoms. The smallest absolute Gasteiger partial charge is 0.350 e. The topological polar surface area (TPSA) is 64.0 Å². The molecule has 1 aromatic carbocycles. The number of Topliss-reactive ketones (excluding diaryl/α,β-unsaturated/α-hetero) is 1. The number of nitrogens with one attached hydrogen (secondary N) is 1. The van der Waals surface area contributed by atoms with Crippen LogP contribution in [-0.4, -0.2) is 28.0 Å². The van der Waals surface area contributed by atoms with E-state index in [2.05, 4.69) is 10.4 Å². The van der Waals surface area contributed by atoms with E-state index in [9.17, 15) is 22.8 Å². The molecule has 136 valence electrons. The molecule has 8 heteroatoms. The zero-order valence-electron chi connectivity index (χ0n) is 13.9. The predicted octanol–water partition coefficient (Wildman–Crippen LogP) is 0.931. The van der Waals surface area contributed by atoms with Crippen molar-refractivity contribution in [2.45, 2.75) is 26.1 Å². The molecule has 0 aliphatic heterocycles. The van der Waals surface area contributed by atoms with Crippen LogP contribution in [0.25, 0.3) is 11.6 Å². The molecule has 1 amide bonds. The zero-order chi connectivity index (χ0) is 18.9. The Labute approximate surface area is 146 Å². The van der Waals surface area contributed by atoms with Crippen LogP contribution in [0.15, 0.2) is 30.3 Å². The van der Waals surface area contributed by atoms with Gasteiger partial charge in [-0.3, -0.25) is 14.3 Å². The van der Waals surface area contributed by atoms with Crippen LogP contribution in [0.4, 0.5) is 13.2 Å². The Kier molecular flexibility index (Phi) is 4.67. The second kappa shape index (κ2) is 6.78. The van der Waals surface area contributed by atoms with Crippen molar-refractivity contribution < 1.29 is 22.8 Å². The molecule has 5 nitrogen and oxygen atoms in total. The van der Waals surface area contributed by atoms with Crippen LogP contribution in [0.5, 0.6) is 0 Å². The SMILES string of the molecule is Cc1cc(C(F)(F)F)nn1CCNC(=O)C1=c2ccccc2=CC(=O)C1. The molecule has 1 aromatic heterocycles. The summed E-state index contributed by atoms with van der Waals surface area (Å²) in [5.41, 5.74) is -0.244. The van der Waals surface area contributed by atoms with Gasteiger partial charge in [0.05, 0.1) is 6.54 Å². The van der Waals surface area contributed by atoms with Crippen LogP contribution in [-0.2, 0) is 22.3 Å². The van der Waals surface area contributed by atoms with Gasteiger partial charge in [-0.05, 0) is 29.5 Å². The lowest BCUT2D eigenvalue weighted by Crippen LogP contribution is -2.39. The zero-order valence-corrected chi connectivity index (χ0v) is 13.9. The maximum absolute atomic E-state index is 12.7. The second-order valence-electron chi connectivity index (χ2n) is 6.00. The summed E-state index contributed by atoms with van der Waals surface area (Å²) in [4.78, 5) is 24.2. The number of alkyl halides is 3. The molecule has 0 saturated carbocycles. The average Bonchev–Trinajstić information content (AvgIpc) is 2.95. The molecule has 0 atom stereocenters. The number of carbonyl (C=O) groups excluding carboxylic acids is 2. The Balaban J connectivity index is 1.72. The number of amides is 1. The van der Waals surface area contributed by atoms with Gasteiger partial charge in [0.25, 0.3) is 0 Å². The molecular weight excluding hydrogens is 347 g/mol. The molecule has 0 spiro atoms. The standard InChI is InChI=1S/C18H16F3N3O2/c1-11-8-16(18(19,20)21)23-24(11)7-6-22-17(26)15-10-13(25)9-12-4-2-3-5-14(12)15/h2-5,8-9H,6-7,10H2,1H3,(H,22,26). The van der Waals surface area contributed by atoms with Gasteiger partial charge in [-0.25, -0.2) is 0 Å². The van der Waals surface area contributed by atoms with E-state index in [1.54, 1.807) is 24.3 Å². The Morgan fingerprint density at radius 3 is 2.73 bits per heavy atom. The first-order valence-corrected chi connectivity index (χ1v) is 7.98. The fourth-order valence-electron chi connectivity index (χ4n) is 2.85. The lowest BCUT2D eigenvalue weighted by molar-refractivity contribution is -0.141. The quantitative estimate of drug-likeness (QED) is 0.879. The van der Waals surface area contributed by atoms with Crippen LogP contribution < -0.4 is 15.8 Å². The highest BCUT2D eigenvalue weighted by Gasteiger charge is 2.34. The summed E-state index contributed by atoms with van der Waals surface area (Å²) >= 11 is 0. The Hall–Kier alpha value is -2.90. The molecular formula is C18H16F3N3O2. The van der Waals surface area contributed by atoms with E-state index in [0.717, 1.165) is 6.07 Å². The number of benzene rings is 1. The number of hydrogen-bond donors (Lipinski definition) is 1. The van der Waals surface area contributed by atoms with Crippen molar-refractivity contribution in [1.29, 1.82) is 0 Å². The van der Waals surface area contributed by atoms with Gasteiger partial charge in [-0.15, -0.1) is 0 Å². The first-order valence-electron chi connectivity index (χ1n) is 7.98. The molecule has 0 saturated heterocycles. The fourth-order valence-corrected chi connectivity index (χ4v) is 2.85. The second-order valence-corrected chi connectivity index (χ2v) is 6.00. The van der Waals surface area contributed by atoms with Crippen molar-refractivity contribution >= 4 is 23.3 Å². The summed E-state index contributed by atoms with van der Waals surface area (Å²) in [7, 11) is 0. The van der Waals surface area contributed by atoms with Crippen molar-refractivity contribution in [1.82, 2.24) is 15.1 Å². The third kappa shape index (κ3) is 3.68. The van der Waals surface area contributed by atoms with Gasteiger partial charge in [0, 0.05) is 24.2 Å². The first-order chi connectivity index (χ1) is 12.3. The summed E-state index contributed by atoms with van der Waals surface area (Å²) < 4.78 is 39.2. The van der Waals surface area contributed by atoms with Crippen molar-refractivity contribution in [2.24, 2.45) is 0 Å². The average molecular weight is 363 g/mol. The number of rotatable bonds is 4. The molecule has 26 heavy (non-hydrogen) atoms. The minimum atomic E-state index is -4.50. The maximum atomic E-state index is 12.7. The largest absolute Gasteiger partial charge is 0.435 e. The molecule has 3 rings (SSSR count). The number of hydrogen-bond acceptors (Lipinski definition) is 3. The van der Waals surface area contributed by atoms with E-state index < -0.39 is 17.8 Å². The molecule has 1 N–H and O–H groups in total.